The molecule has 9 nitrogen and oxygen atoms in total. The number of nitrogens with one attached hydrogen (secondary N) is 1. The molecule has 0 aliphatic carbocycles. The number of fused-ring (bicyclic) bond motifs is 8. The van der Waals surface area contributed by atoms with E-state index in [4.69, 9.17) is 0 Å². The van der Waals surface area contributed by atoms with E-state index < -0.39 is 0 Å². The highest BCUT2D eigenvalue weighted by Crippen LogP contribution is 2.47. The highest BCUT2D eigenvalue weighted by atomic mass is 16.8. The van der Waals surface area contributed by atoms with Gasteiger partial charge in [0.1, 0.15) is 0 Å². The second-order valence-corrected chi connectivity index (χ2v) is 9.99. The van der Waals surface area contributed by atoms with Gasteiger partial charge in [-0.1, -0.05) is 12.1 Å². The molecule has 1 aromatic carbocycles. The second kappa shape index (κ2) is 9.07. The van der Waals surface area contributed by atoms with Crippen molar-refractivity contribution >= 4 is 17.3 Å². The van der Waals surface area contributed by atoms with Crippen LogP contribution in [0.5, 0.6) is 0 Å². The fourth-order valence-corrected chi connectivity index (χ4v) is 6.45. The first-order valence-electron chi connectivity index (χ1n) is 12.4. The lowest BCUT2D eigenvalue weighted by atomic mass is 9.70. The third kappa shape index (κ3) is 3.94. The summed E-state index contributed by atoms with van der Waals surface area (Å²) in [5.41, 5.74) is 3.97. The highest BCUT2D eigenvalue weighted by Gasteiger charge is 2.49. The number of amides is 1. The Balaban J connectivity index is 1.33. The third-order valence-corrected chi connectivity index (χ3v) is 7.95. The Morgan fingerprint density at radius 3 is 2.86 bits per heavy atom. The predicted octanol–water partition coefficient (Wildman–Crippen LogP) is 2.46. The first-order chi connectivity index (χ1) is 17.5. The molecular formula is C27H28N5O4-. The maximum Gasteiger partial charge on any atom is 0.250 e. The first-order valence-corrected chi connectivity index (χ1v) is 12.4. The van der Waals surface area contributed by atoms with E-state index in [2.05, 4.69) is 15.2 Å². The minimum absolute atomic E-state index is 0.00588. The fraction of sp³-hybridized carbons (Fsp3) is 0.370. The molecule has 0 spiro atoms. The minimum Gasteiger partial charge on any atom is -0.733 e. The van der Waals surface area contributed by atoms with Gasteiger partial charge in [0.15, 0.2) is 0 Å². The Labute approximate surface area is 208 Å². The van der Waals surface area contributed by atoms with Crippen LogP contribution in [0.15, 0.2) is 65.6 Å². The number of pyridine rings is 2. The van der Waals surface area contributed by atoms with Crippen LogP contribution in [0.2, 0.25) is 0 Å². The summed E-state index contributed by atoms with van der Waals surface area (Å²) in [4.78, 5) is 32.9. The molecule has 2 bridgehead atoms. The van der Waals surface area contributed by atoms with Gasteiger partial charge in [-0.2, -0.15) is 0 Å². The van der Waals surface area contributed by atoms with Gasteiger partial charge in [0.05, 0.1) is 11.6 Å². The molecular weight excluding hydrogens is 458 g/mol. The molecule has 2 aromatic heterocycles. The SMILES string of the molecule is O=C(NCCc1ccccn1)[C@@H]1Cc2cc(N([O-])O)ccc2N2CC3CC(Cn4c3cccc4=O)[C@@H]12. The maximum absolute atomic E-state index is 13.6. The van der Waals surface area contributed by atoms with Gasteiger partial charge in [0.25, 0.3) is 5.56 Å². The number of benzene rings is 1. The van der Waals surface area contributed by atoms with Crippen LogP contribution in [0, 0.1) is 17.0 Å². The molecule has 2 unspecified atom stereocenters. The van der Waals surface area contributed by atoms with Crippen LogP contribution in [0.4, 0.5) is 11.4 Å². The summed E-state index contributed by atoms with van der Waals surface area (Å²) in [6.07, 6.45) is 3.77. The molecule has 0 radical (unpaired) electrons. The number of piperidine rings is 1. The molecule has 186 valence electrons. The van der Waals surface area contributed by atoms with Crippen LogP contribution in [0.3, 0.4) is 0 Å². The monoisotopic (exact) mass is 486 g/mol. The van der Waals surface area contributed by atoms with Gasteiger partial charge in [0.2, 0.25) is 5.91 Å². The van der Waals surface area contributed by atoms with Crippen LogP contribution >= 0.6 is 0 Å². The number of carbonyl (C=O) groups is 1. The zero-order valence-electron chi connectivity index (χ0n) is 19.8. The Hall–Kier alpha value is -3.69. The lowest BCUT2D eigenvalue weighted by Crippen LogP contribution is -2.61. The zero-order chi connectivity index (χ0) is 24.8. The molecule has 3 aliphatic heterocycles. The normalized spacial score (nSPS) is 23.8. The molecule has 36 heavy (non-hydrogen) atoms. The van der Waals surface area contributed by atoms with Crippen molar-refractivity contribution in [3.8, 4) is 0 Å². The molecule has 3 aromatic rings. The van der Waals surface area contributed by atoms with E-state index in [1.165, 1.54) is 0 Å². The quantitative estimate of drug-likeness (QED) is 0.533. The van der Waals surface area contributed by atoms with Crippen molar-refractivity contribution in [1.82, 2.24) is 14.9 Å². The smallest absolute Gasteiger partial charge is 0.250 e. The van der Waals surface area contributed by atoms with Gasteiger partial charge in [-0.05, 0) is 60.7 Å². The van der Waals surface area contributed by atoms with Crippen molar-refractivity contribution in [3.63, 3.8) is 0 Å². The van der Waals surface area contributed by atoms with Gasteiger partial charge in [-0.15, -0.1) is 0 Å². The Kier molecular flexibility index (Phi) is 5.73. The van der Waals surface area contributed by atoms with Crippen LogP contribution in [-0.4, -0.2) is 39.8 Å². The molecule has 1 fully saturated rings. The molecule has 0 saturated carbocycles. The second-order valence-electron chi connectivity index (χ2n) is 9.99. The van der Waals surface area contributed by atoms with Gasteiger partial charge in [-0.3, -0.25) is 19.8 Å². The molecule has 3 aliphatic rings. The maximum atomic E-state index is 13.6. The zero-order valence-corrected chi connectivity index (χ0v) is 19.8. The number of anilines is 2. The summed E-state index contributed by atoms with van der Waals surface area (Å²) >= 11 is 0. The highest BCUT2D eigenvalue weighted by molar-refractivity contribution is 5.82. The van der Waals surface area contributed by atoms with Crippen LogP contribution in [0.25, 0.3) is 0 Å². The summed E-state index contributed by atoms with van der Waals surface area (Å²) < 4.78 is 1.88. The van der Waals surface area contributed by atoms with E-state index in [9.17, 15) is 20.0 Å². The molecule has 6 rings (SSSR count). The molecule has 9 heteroatoms. The summed E-state index contributed by atoms with van der Waals surface area (Å²) in [5, 5.41) is 24.0. The van der Waals surface area contributed by atoms with Crippen LogP contribution < -0.4 is 21.0 Å². The molecule has 1 saturated heterocycles. The van der Waals surface area contributed by atoms with Crippen molar-refractivity contribution in [3.05, 3.63) is 93.3 Å². The molecule has 1 amide bonds. The lowest BCUT2D eigenvalue weighted by molar-refractivity contribution is -0.126. The van der Waals surface area contributed by atoms with Crippen molar-refractivity contribution in [1.29, 1.82) is 0 Å². The summed E-state index contributed by atoms with van der Waals surface area (Å²) in [5.74, 6) is -0.0578. The number of hydrogen-bond donors (Lipinski definition) is 2. The molecule has 4 atom stereocenters. The Morgan fingerprint density at radius 2 is 2.06 bits per heavy atom. The Bertz CT molecular complexity index is 1340. The average molecular weight is 487 g/mol. The third-order valence-electron chi connectivity index (χ3n) is 7.95. The number of rotatable bonds is 5. The summed E-state index contributed by atoms with van der Waals surface area (Å²) in [7, 11) is 0. The molecule has 5 heterocycles. The van der Waals surface area contributed by atoms with E-state index in [1.54, 1.807) is 24.4 Å². The lowest BCUT2D eigenvalue weighted by Gasteiger charge is -2.54. The van der Waals surface area contributed by atoms with Crippen LogP contribution in [0.1, 0.15) is 29.3 Å². The summed E-state index contributed by atoms with van der Waals surface area (Å²) in [6, 6.07) is 16.3. The fourth-order valence-electron chi connectivity index (χ4n) is 6.45. The summed E-state index contributed by atoms with van der Waals surface area (Å²) in [6.45, 7) is 1.75. The number of nitrogens with zero attached hydrogens (tertiary/aromatic N) is 4. The minimum atomic E-state index is -0.345. The van der Waals surface area contributed by atoms with Crippen molar-refractivity contribution in [2.24, 2.45) is 11.8 Å². The van der Waals surface area contributed by atoms with Gasteiger partial charge >= 0.3 is 0 Å². The standard InChI is InChI=1S/C27H28N5O4/c33-25-6-3-5-23-18-12-19(16-30(23)25)26-22(27(34)29-11-9-20-4-1-2-10-28-20)14-17-13-21(32(35)36)7-8-24(17)31(26)15-18/h1-8,10,13,18-19,22,26,35H,9,11-12,14-16H2,(H,29,34)/q-1/t18?,19?,22-,26+/m1/s1. The number of carbonyl (C=O) groups excluding carboxylic acids is 1. The van der Waals surface area contributed by atoms with E-state index in [-0.39, 0.29) is 46.2 Å². The largest absolute Gasteiger partial charge is 0.733 e. The number of aromatic nitrogens is 2. The van der Waals surface area contributed by atoms with Crippen LogP contribution in [-0.2, 0) is 24.2 Å². The van der Waals surface area contributed by atoms with E-state index in [0.29, 0.717) is 32.5 Å². The topological polar surface area (TPSA) is 114 Å². The van der Waals surface area contributed by atoms with E-state index in [0.717, 1.165) is 29.1 Å². The van der Waals surface area contributed by atoms with Crippen molar-refractivity contribution in [2.45, 2.75) is 37.8 Å². The van der Waals surface area contributed by atoms with E-state index in [1.807, 2.05) is 41.0 Å². The van der Waals surface area contributed by atoms with Crippen molar-refractivity contribution in [2.75, 3.05) is 23.2 Å². The van der Waals surface area contributed by atoms with Crippen molar-refractivity contribution < 1.29 is 10.0 Å². The average Bonchev–Trinajstić information content (AvgIpc) is 2.89. The van der Waals surface area contributed by atoms with E-state index >= 15 is 0 Å². The van der Waals surface area contributed by atoms with Gasteiger partial charge in [0, 0.05) is 67.4 Å². The first kappa shape index (κ1) is 22.8. The number of hydrogen-bond acceptors (Lipinski definition) is 7. The molecule has 2 N–H and O–H groups in total. The van der Waals surface area contributed by atoms with Gasteiger partial charge < -0.3 is 25.2 Å². The predicted molar refractivity (Wildman–Crippen MR) is 135 cm³/mol. The Morgan fingerprint density at radius 1 is 1.17 bits per heavy atom. The van der Waals surface area contributed by atoms with Gasteiger partial charge in [-0.25, -0.2) is 0 Å².